The summed E-state index contributed by atoms with van der Waals surface area (Å²) in [6.07, 6.45) is -2.17. The fourth-order valence-electron chi connectivity index (χ4n) is 2.40. The third-order valence-corrected chi connectivity index (χ3v) is 3.42. The molecule has 0 atom stereocenters. The van der Waals surface area contributed by atoms with Gasteiger partial charge in [-0.1, -0.05) is 13.0 Å². The quantitative estimate of drug-likeness (QED) is 0.903. The molecule has 0 radical (unpaired) electrons. The van der Waals surface area contributed by atoms with Gasteiger partial charge >= 0.3 is 6.18 Å². The van der Waals surface area contributed by atoms with Gasteiger partial charge in [0.25, 0.3) is 0 Å². The summed E-state index contributed by atoms with van der Waals surface area (Å²) in [5.41, 5.74) is 1.11. The summed E-state index contributed by atoms with van der Waals surface area (Å²) in [5, 5.41) is 3.18. The van der Waals surface area contributed by atoms with Gasteiger partial charge in [-0.15, -0.1) is 0 Å². The molecule has 1 fully saturated rings. The van der Waals surface area contributed by atoms with Crippen LogP contribution in [0.1, 0.15) is 30.9 Å². The molecule has 0 saturated carbocycles. The van der Waals surface area contributed by atoms with Gasteiger partial charge in [0.1, 0.15) is 0 Å². The van der Waals surface area contributed by atoms with Crippen LogP contribution >= 0.6 is 0 Å². The topological polar surface area (TPSA) is 15.3 Å². The molecule has 0 amide bonds. The largest absolute Gasteiger partial charge is 0.416 e. The highest BCUT2D eigenvalue weighted by molar-refractivity contribution is 5.56. The van der Waals surface area contributed by atoms with E-state index in [0.29, 0.717) is 6.54 Å². The molecule has 1 aliphatic heterocycles. The van der Waals surface area contributed by atoms with Gasteiger partial charge in [0.2, 0.25) is 0 Å². The number of halogens is 3. The van der Waals surface area contributed by atoms with Crippen LogP contribution < -0.4 is 10.2 Å². The van der Waals surface area contributed by atoms with Crippen molar-refractivity contribution in [1.29, 1.82) is 0 Å². The Morgan fingerprint density at radius 3 is 2.47 bits per heavy atom. The Morgan fingerprint density at radius 1 is 1.21 bits per heavy atom. The molecule has 1 aliphatic rings. The second-order valence-electron chi connectivity index (χ2n) is 4.82. The highest BCUT2D eigenvalue weighted by atomic mass is 19.4. The van der Waals surface area contributed by atoms with Crippen molar-refractivity contribution in [2.45, 2.75) is 32.5 Å². The van der Waals surface area contributed by atoms with Gasteiger partial charge in [-0.3, -0.25) is 0 Å². The van der Waals surface area contributed by atoms with Crippen molar-refractivity contribution in [2.75, 3.05) is 24.5 Å². The Bertz CT molecular complexity index is 423. The van der Waals surface area contributed by atoms with Gasteiger partial charge in [0.15, 0.2) is 0 Å². The number of rotatable bonds is 4. The molecule has 0 spiro atoms. The minimum Gasteiger partial charge on any atom is -0.371 e. The van der Waals surface area contributed by atoms with Gasteiger partial charge in [-0.2, -0.15) is 13.2 Å². The summed E-state index contributed by atoms with van der Waals surface area (Å²) < 4.78 is 38.4. The molecule has 0 unspecified atom stereocenters. The monoisotopic (exact) mass is 272 g/mol. The van der Waals surface area contributed by atoms with E-state index in [1.807, 2.05) is 6.92 Å². The Hall–Kier alpha value is -1.23. The summed E-state index contributed by atoms with van der Waals surface area (Å²) in [4.78, 5) is 2.06. The third-order valence-electron chi connectivity index (χ3n) is 3.42. The highest BCUT2D eigenvalue weighted by Gasteiger charge is 2.31. The Kier molecular flexibility index (Phi) is 4.34. The van der Waals surface area contributed by atoms with Gasteiger partial charge in [-0.25, -0.2) is 0 Å². The van der Waals surface area contributed by atoms with Crippen molar-refractivity contribution in [3.63, 3.8) is 0 Å². The summed E-state index contributed by atoms with van der Waals surface area (Å²) >= 11 is 0. The van der Waals surface area contributed by atoms with E-state index in [4.69, 9.17) is 0 Å². The second-order valence-corrected chi connectivity index (χ2v) is 4.82. The van der Waals surface area contributed by atoms with Crippen LogP contribution in [0.15, 0.2) is 18.2 Å². The zero-order valence-electron chi connectivity index (χ0n) is 11.1. The van der Waals surface area contributed by atoms with E-state index in [1.54, 1.807) is 6.07 Å². The lowest BCUT2D eigenvalue weighted by Gasteiger charge is -2.23. The van der Waals surface area contributed by atoms with Crippen LogP contribution in [-0.4, -0.2) is 19.6 Å². The second kappa shape index (κ2) is 5.82. The standard InChI is InChI=1S/C14H19F3N2/c1-2-18-10-11-5-6-12(14(15,16)17)9-13(11)19-7-3-4-8-19/h5-6,9,18H,2-4,7-8,10H2,1H3. The molecule has 5 heteroatoms. The summed E-state index contributed by atoms with van der Waals surface area (Å²) in [5.74, 6) is 0. The van der Waals surface area contributed by atoms with Crippen molar-refractivity contribution >= 4 is 5.69 Å². The van der Waals surface area contributed by atoms with E-state index in [1.165, 1.54) is 12.1 Å². The molecule has 1 aromatic carbocycles. The van der Waals surface area contributed by atoms with Gasteiger partial charge in [0.05, 0.1) is 5.56 Å². The number of hydrogen-bond acceptors (Lipinski definition) is 2. The minimum absolute atomic E-state index is 0.561. The van der Waals surface area contributed by atoms with E-state index in [0.717, 1.165) is 43.7 Å². The fraction of sp³-hybridized carbons (Fsp3) is 0.571. The Labute approximate surface area is 111 Å². The average Bonchev–Trinajstić information content (AvgIpc) is 2.88. The Balaban J connectivity index is 2.32. The molecule has 106 valence electrons. The van der Waals surface area contributed by atoms with Crippen molar-refractivity contribution in [2.24, 2.45) is 0 Å². The van der Waals surface area contributed by atoms with Crippen LogP contribution in [0, 0.1) is 0 Å². The summed E-state index contributed by atoms with van der Waals surface area (Å²) in [7, 11) is 0. The lowest BCUT2D eigenvalue weighted by molar-refractivity contribution is -0.137. The van der Waals surface area contributed by atoms with Crippen LogP contribution in [-0.2, 0) is 12.7 Å². The average molecular weight is 272 g/mol. The molecular weight excluding hydrogens is 253 g/mol. The number of nitrogens with zero attached hydrogens (tertiary/aromatic N) is 1. The lowest BCUT2D eigenvalue weighted by atomic mass is 10.1. The number of hydrogen-bond donors (Lipinski definition) is 1. The first-order valence-electron chi connectivity index (χ1n) is 6.68. The van der Waals surface area contributed by atoms with Crippen molar-refractivity contribution in [3.05, 3.63) is 29.3 Å². The maximum absolute atomic E-state index is 12.8. The van der Waals surface area contributed by atoms with E-state index < -0.39 is 11.7 Å². The number of nitrogens with one attached hydrogen (secondary N) is 1. The first kappa shape index (κ1) is 14.2. The summed E-state index contributed by atoms with van der Waals surface area (Å²) in [6, 6.07) is 4.06. The van der Waals surface area contributed by atoms with E-state index in [9.17, 15) is 13.2 Å². The molecule has 1 heterocycles. The molecular formula is C14H19F3N2. The molecule has 0 aromatic heterocycles. The van der Waals surface area contributed by atoms with Gasteiger partial charge in [-0.05, 0) is 37.1 Å². The molecule has 19 heavy (non-hydrogen) atoms. The SMILES string of the molecule is CCNCc1ccc(C(F)(F)F)cc1N1CCCC1. The van der Waals surface area contributed by atoms with Crippen LogP contribution in [0.2, 0.25) is 0 Å². The maximum Gasteiger partial charge on any atom is 0.416 e. The van der Waals surface area contributed by atoms with E-state index >= 15 is 0 Å². The van der Waals surface area contributed by atoms with Crippen LogP contribution in [0.4, 0.5) is 18.9 Å². The smallest absolute Gasteiger partial charge is 0.371 e. The minimum atomic E-state index is -4.27. The number of benzene rings is 1. The van der Waals surface area contributed by atoms with Crippen LogP contribution in [0.25, 0.3) is 0 Å². The van der Waals surface area contributed by atoms with Crippen molar-refractivity contribution in [1.82, 2.24) is 5.32 Å². The predicted octanol–water partition coefficient (Wildman–Crippen LogP) is 3.42. The predicted molar refractivity (Wildman–Crippen MR) is 70.3 cm³/mol. The van der Waals surface area contributed by atoms with Crippen molar-refractivity contribution < 1.29 is 13.2 Å². The van der Waals surface area contributed by atoms with Crippen LogP contribution in [0.5, 0.6) is 0 Å². The van der Waals surface area contributed by atoms with Crippen molar-refractivity contribution in [3.8, 4) is 0 Å². The fourth-order valence-corrected chi connectivity index (χ4v) is 2.40. The zero-order chi connectivity index (χ0) is 13.9. The van der Waals surface area contributed by atoms with Gasteiger partial charge < -0.3 is 10.2 Å². The molecule has 2 nitrogen and oxygen atoms in total. The molecule has 1 N–H and O–H groups in total. The normalized spacial score (nSPS) is 16.1. The van der Waals surface area contributed by atoms with E-state index in [-0.39, 0.29) is 0 Å². The maximum atomic E-state index is 12.8. The third kappa shape index (κ3) is 3.41. The lowest BCUT2D eigenvalue weighted by Crippen LogP contribution is -2.22. The first-order chi connectivity index (χ1) is 9.02. The van der Waals surface area contributed by atoms with E-state index in [2.05, 4.69) is 10.2 Å². The number of anilines is 1. The molecule has 1 saturated heterocycles. The zero-order valence-corrected chi connectivity index (χ0v) is 11.1. The van der Waals surface area contributed by atoms with Crippen LogP contribution in [0.3, 0.4) is 0 Å². The van der Waals surface area contributed by atoms with Gasteiger partial charge in [0, 0.05) is 25.3 Å². The summed E-state index contributed by atoms with van der Waals surface area (Å²) in [6.45, 7) is 5.10. The molecule has 0 bridgehead atoms. The molecule has 2 rings (SSSR count). The number of alkyl halides is 3. The highest BCUT2D eigenvalue weighted by Crippen LogP contribution is 2.34. The molecule has 0 aliphatic carbocycles. The Morgan fingerprint density at radius 2 is 1.89 bits per heavy atom. The molecule has 1 aromatic rings. The first-order valence-corrected chi connectivity index (χ1v) is 6.68.